The highest BCUT2D eigenvalue weighted by atomic mass is 79.9. The van der Waals surface area contributed by atoms with Gasteiger partial charge in [0.2, 0.25) is 5.91 Å². The predicted octanol–water partition coefficient (Wildman–Crippen LogP) is 1.60. The van der Waals surface area contributed by atoms with Crippen molar-refractivity contribution in [3.63, 3.8) is 0 Å². The van der Waals surface area contributed by atoms with Gasteiger partial charge in [0.15, 0.2) is 5.78 Å². The molecule has 2 fully saturated rings. The number of nitrogens with two attached hydrogens (primary N) is 1. The zero-order chi connectivity index (χ0) is 14.5. The first-order valence-corrected chi connectivity index (χ1v) is 8.58. The normalized spacial score (nSPS) is 39.6. The third-order valence-electron chi connectivity index (χ3n) is 5.46. The maximum atomic E-state index is 12.6. The Morgan fingerprint density at radius 2 is 2.11 bits per heavy atom. The van der Waals surface area contributed by atoms with E-state index in [1.165, 1.54) is 0 Å². The first-order valence-electron chi connectivity index (χ1n) is 6.54. The lowest BCUT2D eigenvalue weighted by molar-refractivity contribution is -0.135. The lowest BCUT2D eigenvalue weighted by Crippen LogP contribution is -2.51. The largest absolute Gasteiger partial charge is 0.354 e. The molecule has 0 unspecified atom stereocenters. The van der Waals surface area contributed by atoms with Gasteiger partial charge in [0.25, 0.3) is 0 Å². The van der Waals surface area contributed by atoms with Crippen LogP contribution >= 0.6 is 31.9 Å². The summed E-state index contributed by atoms with van der Waals surface area (Å²) in [6, 6.07) is 0. The van der Waals surface area contributed by atoms with Crippen LogP contribution in [0, 0.1) is 16.2 Å². The number of amides is 1. The molecule has 2 rings (SSSR count). The quantitative estimate of drug-likeness (QED) is 0.710. The number of hydrogen-bond acceptors (Lipinski definition) is 3. The number of carbonyl (C=O) groups excluding carboxylic acids is 2. The average molecular weight is 396 g/mol. The predicted molar refractivity (Wildman–Crippen MR) is 81.5 cm³/mol. The second kappa shape index (κ2) is 4.81. The van der Waals surface area contributed by atoms with E-state index in [1.54, 1.807) is 0 Å². The van der Waals surface area contributed by atoms with E-state index in [2.05, 4.69) is 37.2 Å². The Kier molecular flexibility index (Phi) is 3.91. The van der Waals surface area contributed by atoms with Gasteiger partial charge >= 0.3 is 0 Å². The minimum atomic E-state index is -0.660. The van der Waals surface area contributed by atoms with Crippen LogP contribution in [-0.4, -0.2) is 34.9 Å². The summed E-state index contributed by atoms with van der Waals surface area (Å²) in [4.78, 5) is 24.9. The second-order valence-electron chi connectivity index (χ2n) is 6.08. The summed E-state index contributed by atoms with van der Waals surface area (Å²) in [6.07, 6.45) is 1.51. The average Bonchev–Trinajstić information content (AvgIpc) is 2.69. The van der Waals surface area contributed by atoms with Crippen molar-refractivity contribution in [2.45, 2.75) is 31.5 Å². The van der Waals surface area contributed by atoms with Gasteiger partial charge in [-0.25, -0.2) is 0 Å². The summed E-state index contributed by atoms with van der Waals surface area (Å²) in [7, 11) is 0. The summed E-state index contributed by atoms with van der Waals surface area (Å²) in [5.74, 6) is 0.113. The number of rotatable bonds is 4. The van der Waals surface area contributed by atoms with Crippen LogP contribution in [-0.2, 0) is 9.59 Å². The lowest BCUT2D eigenvalue weighted by atomic mass is 9.64. The number of Topliss-reactive ketones (excluding diaryl/α,β-unsaturated/α-hetero) is 1. The number of halogens is 2. The molecule has 0 spiro atoms. The standard InChI is InChI=1S/C13H20Br2N2O2/c1-11(2)12(7-14)3-4-13(11,8(15)9(12)18)10(19)17-6-5-16/h8H,3-7,16H2,1-2H3,(H,17,19)/t8-,12+,13-/m1/s1. The van der Waals surface area contributed by atoms with Gasteiger partial charge in [0.05, 0.1) is 10.2 Å². The molecule has 0 aromatic carbocycles. The Bertz CT molecular complexity index is 427. The van der Waals surface area contributed by atoms with Crippen molar-refractivity contribution < 1.29 is 9.59 Å². The van der Waals surface area contributed by atoms with Crippen LogP contribution in [0.5, 0.6) is 0 Å². The molecule has 0 aliphatic heterocycles. The monoisotopic (exact) mass is 394 g/mol. The molecule has 0 aromatic rings. The van der Waals surface area contributed by atoms with Crippen LogP contribution in [0.4, 0.5) is 0 Å². The van der Waals surface area contributed by atoms with E-state index >= 15 is 0 Å². The van der Waals surface area contributed by atoms with Gasteiger partial charge in [-0.15, -0.1) is 0 Å². The van der Waals surface area contributed by atoms with Gasteiger partial charge in [-0.05, 0) is 18.3 Å². The summed E-state index contributed by atoms with van der Waals surface area (Å²) in [6.45, 7) is 4.95. The number of ketones is 1. The van der Waals surface area contributed by atoms with Crippen molar-refractivity contribution in [1.29, 1.82) is 0 Å². The number of nitrogens with one attached hydrogen (secondary N) is 1. The Morgan fingerprint density at radius 3 is 2.58 bits per heavy atom. The van der Waals surface area contributed by atoms with Gasteiger partial charge in [0, 0.05) is 23.8 Å². The van der Waals surface area contributed by atoms with Crippen LogP contribution in [0.1, 0.15) is 26.7 Å². The molecule has 108 valence electrons. The molecule has 2 saturated carbocycles. The summed E-state index contributed by atoms with van der Waals surface area (Å²) >= 11 is 7.00. The Labute approximate surface area is 130 Å². The SMILES string of the molecule is CC1(C)[C@]2(CBr)CC[C@]1(C(=O)NCCN)[C@H](Br)C2=O. The number of fused-ring (bicyclic) bond motifs is 2. The molecular formula is C13H20Br2N2O2. The van der Waals surface area contributed by atoms with Crippen molar-refractivity contribution in [3.8, 4) is 0 Å². The molecule has 0 heterocycles. The van der Waals surface area contributed by atoms with E-state index in [1.807, 2.05) is 13.8 Å². The molecule has 2 bridgehead atoms. The van der Waals surface area contributed by atoms with E-state index in [0.29, 0.717) is 18.4 Å². The van der Waals surface area contributed by atoms with Gasteiger partial charge in [-0.2, -0.15) is 0 Å². The van der Waals surface area contributed by atoms with Gasteiger partial charge in [0.1, 0.15) is 0 Å². The minimum Gasteiger partial charge on any atom is -0.354 e. The molecule has 2 aliphatic rings. The van der Waals surface area contributed by atoms with E-state index in [9.17, 15) is 9.59 Å². The molecule has 3 atom stereocenters. The van der Waals surface area contributed by atoms with Crippen LogP contribution in [0.25, 0.3) is 0 Å². The summed E-state index contributed by atoms with van der Waals surface area (Å²) in [5.41, 5.74) is 3.98. The summed E-state index contributed by atoms with van der Waals surface area (Å²) < 4.78 is 0. The molecule has 0 radical (unpaired) electrons. The fourth-order valence-electron chi connectivity index (χ4n) is 3.96. The van der Waals surface area contributed by atoms with Gasteiger partial charge < -0.3 is 11.1 Å². The van der Waals surface area contributed by atoms with E-state index < -0.39 is 15.7 Å². The third-order valence-corrected chi connectivity index (χ3v) is 7.61. The first-order chi connectivity index (χ1) is 8.81. The molecule has 0 aromatic heterocycles. The number of alkyl halides is 2. The Balaban J connectivity index is 2.46. The van der Waals surface area contributed by atoms with E-state index in [0.717, 1.165) is 12.8 Å². The summed E-state index contributed by atoms with van der Waals surface area (Å²) in [5, 5.41) is 3.49. The minimum absolute atomic E-state index is 0.0431. The van der Waals surface area contributed by atoms with Crippen molar-refractivity contribution in [2.75, 3.05) is 18.4 Å². The van der Waals surface area contributed by atoms with E-state index in [-0.39, 0.29) is 17.1 Å². The molecule has 2 aliphatic carbocycles. The highest BCUT2D eigenvalue weighted by Gasteiger charge is 2.77. The number of carbonyl (C=O) groups is 2. The smallest absolute Gasteiger partial charge is 0.228 e. The topological polar surface area (TPSA) is 72.2 Å². The van der Waals surface area contributed by atoms with E-state index in [4.69, 9.17) is 5.73 Å². The van der Waals surface area contributed by atoms with Crippen LogP contribution in [0.3, 0.4) is 0 Å². The van der Waals surface area contributed by atoms with Crippen molar-refractivity contribution in [2.24, 2.45) is 22.0 Å². The van der Waals surface area contributed by atoms with Crippen LogP contribution < -0.4 is 11.1 Å². The third kappa shape index (κ3) is 1.59. The Morgan fingerprint density at radius 1 is 1.47 bits per heavy atom. The van der Waals surface area contributed by atoms with Gasteiger partial charge in [-0.1, -0.05) is 45.7 Å². The maximum absolute atomic E-state index is 12.6. The highest BCUT2D eigenvalue weighted by Crippen LogP contribution is 2.72. The zero-order valence-corrected chi connectivity index (χ0v) is 14.4. The fourth-order valence-corrected chi connectivity index (χ4v) is 6.66. The van der Waals surface area contributed by atoms with Crippen LogP contribution in [0.2, 0.25) is 0 Å². The molecule has 4 nitrogen and oxygen atoms in total. The number of hydrogen-bond donors (Lipinski definition) is 2. The van der Waals surface area contributed by atoms with Gasteiger partial charge in [-0.3, -0.25) is 9.59 Å². The highest BCUT2D eigenvalue weighted by molar-refractivity contribution is 9.10. The van der Waals surface area contributed by atoms with Crippen LogP contribution in [0.15, 0.2) is 0 Å². The zero-order valence-electron chi connectivity index (χ0n) is 11.3. The maximum Gasteiger partial charge on any atom is 0.228 e. The molecule has 6 heteroatoms. The lowest BCUT2D eigenvalue weighted by Gasteiger charge is -2.40. The van der Waals surface area contributed by atoms with Crippen molar-refractivity contribution >= 4 is 43.6 Å². The first kappa shape index (κ1) is 15.4. The molecule has 0 saturated heterocycles. The molecule has 3 N–H and O–H groups in total. The molecular weight excluding hydrogens is 376 g/mol. The fraction of sp³-hybridized carbons (Fsp3) is 0.846. The van der Waals surface area contributed by atoms with Crippen molar-refractivity contribution in [3.05, 3.63) is 0 Å². The van der Waals surface area contributed by atoms with Crippen molar-refractivity contribution in [1.82, 2.24) is 5.32 Å². The second-order valence-corrected chi connectivity index (χ2v) is 7.56. The molecule has 19 heavy (non-hydrogen) atoms. The Hall–Kier alpha value is 0.0600. The molecule has 1 amide bonds.